The second kappa shape index (κ2) is 7.02. The standard InChI is InChI=1S/C17H16FN3O3S/c1-21(17(24)14-3-2-6-25-14)9-16(23)20-13-8-12-10(7-11(13)18)4-5-15(22)19-12/h2-3,6-8H,4-5,9H2,1H3,(H,19,22)(H,20,23). The van der Waals surface area contributed by atoms with E-state index in [1.807, 2.05) is 0 Å². The van der Waals surface area contributed by atoms with Crippen LogP contribution >= 0.6 is 11.3 Å². The van der Waals surface area contributed by atoms with E-state index in [0.29, 0.717) is 29.0 Å². The molecular formula is C17H16FN3O3S. The van der Waals surface area contributed by atoms with Crippen LogP contribution in [0, 0.1) is 5.82 Å². The molecule has 6 nitrogen and oxygen atoms in total. The first-order valence-corrected chi connectivity index (χ1v) is 8.53. The molecule has 0 atom stereocenters. The molecule has 1 aliphatic heterocycles. The van der Waals surface area contributed by atoms with Crippen LogP contribution in [0.25, 0.3) is 0 Å². The monoisotopic (exact) mass is 361 g/mol. The maximum Gasteiger partial charge on any atom is 0.264 e. The summed E-state index contributed by atoms with van der Waals surface area (Å²) in [4.78, 5) is 37.5. The van der Waals surface area contributed by atoms with Crippen LogP contribution in [0.4, 0.5) is 15.8 Å². The molecule has 8 heteroatoms. The zero-order valence-electron chi connectivity index (χ0n) is 13.5. The minimum atomic E-state index is -0.574. The molecule has 3 rings (SSSR count). The molecule has 2 heterocycles. The van der Waals surface area contributed by atoms with Crippen molar-refractivity contribution in [3.8, 4) is 0 Å². The summed E-state index contributed by atoms with van der Waals surface area (Å²) in [6, 6.07) is 6.14. The Morgan fingerprint density at radius 2 is 2.16 bits per heavy atom. The van der Waals surface area contributed by atoms with Gasteiger partial charge in [0, 0.05) is 19.2 Å². The van der Waals surface area contributed by atoms with Gasteiger partial charge in [0.05, 0.1) is 17.1 Å². The molecule has 0 spiro atoms. The van der Waals surface area contributed by atoms with Crippen molar-refractivity contribution in [2.45, 2.75) is 12.8 Å². The van der Waals surface area contributed by atoms with Crippen molar-refractivity contribution in [3.63, 3.8) is 0 Å². The Hall–Kier alpha value is -2.74. The molecule has 2 N–H and O–H groups in total. The fourth-order valence-corrected chi connectivity index (χ4v) is 3.28. The summed E-state index contributed by atoms with van der Waals surface area (Å²) in [5, 5.41) is 6.88. The molecule has 0 radical (unpaired) electrons. The molecule has 0 aliphatic carbocycles. The number of fused-ring (bicyclic) bond motifs is 1. The van der Waals surface area contributed by atoms with Crippen molar-refractivity contribution >= 4 is 40.4 Å². The van der Waals surface area contributed by atoms with E-state index in [-0.39, 0.29) is 24.0 Å². The Morgan fingerprint density at radius 1 is 1.36 bits per heavy atom. The van der Waals surface area contributed by atoms with Gasteiger partial charge in [-0.3, -0.25) is 14.4 Å². The van der Waals surface area contributed by atoms with Crippen molar-refractivity contribution in [1.29, 1.82) is 0 Å². The van der Waals surface area contributed by atoms with Crippen LogP contribution in [0.2, 0.25) is 0 Å². The smallest absolute Gasteiger partial charge is 0.264 e. The number of thiophene rings is 1. The number of amides is 3. The average molecular weight is 361 g/mol. The molecule has 25 heavy (non-hydrogen) atoms. The minimum absolute atomic E-state index is 0.0251. The lowest BCUT2D eigenvalue weighted by Crippen LogP contribution is -2.34. The molecule has 0 bridgehead atoms. The van der Waals surface area contributed by atoms with Crippen molar-refractivity contribution in [1.82, 2.24) is 4.90 Å². The van der Waals surface area contributed by atoms with Gasteiger partial charge in [-0.05, 0) is 35.6 Å². The second-order valence-electron chi connectivity index (χ2n) is 5.72. The summed E-state index contributed by atoms with van der Waals surface area (Å²) in [5.41, 5.74) is 1.17. The SMILES string of the molecule is CN(CC(=O)Nc1cc2c(cc1F)CCC(=O)N2)C(=O)c1cccs1. The lowest BCUT2D eigenvalue weighted by Gasteiger charge is -2.19. The molecular weight excluding hydrogens is 345 g/mol. The van der Waals surface area contributed by atoms with E-state index in [1.54, 1.807) is 17.5 Å². The van der Waals surface area contributed by atoms with Crippen LogP contribution in [-0.2, 0) is 16.0 Å². The predicted molar refractivity (Wildman–Crippen MR) is 93.3 cm³/mol. The summed E-state index contributed by atoms with van der Waals surface area (Å²) in [5.74, 6) is -1.51. The number of rotatable bonds is 4. The summed E-state index contributed by atoms with van der Waals surface area (Å²) < 4.78 is 14.1. The van der Waals surface area contributed by atoms with Gasteiger partial charge in [0.25, 0.3) is 5.91 Å². The van der Waals surface area contributed by atoms with Crippen LogP contribution in [-0.4, -0.2) is 36.2 Å². The fraction of sp³-hybridized carbons (Fsp3) is 0.235. The van der Waals surface area contributed by atoms with E-state index in [9.17, 15) is 18.8 Å². The first-order chi connectivity index (χ1) is 11.9. The van der Waals surface area contributed by atoms with Crippen molar-refractivity contribution in [2.75, 3.05) is 24.2 Å². The third kappa shape index (κ3) is 3.85. The van der Waals surface area contributed by atoms with Crippen molar-refractivity contribution in [3.05, 3.63) is 45.9 Å². The number of hydrogen-bond acceptors (Lipinski definition) is 4. The maximum absolute atomic E-state index is 14.1. The zero-order chi connectivity index (χ0) is 18.0. The molecule has 1 aromatic carbocycles. The minimum Gasteiger partial charge on any atom is -0.332 e. The Kier molecular flexibility index (Phi) is 4.80. The fourth-order valence-electron chi connectivity index (χ4n) is 2.56. The predicted octanol–water partition coefficient (Wildman–Crippen LogP) is 2.48. The van der Waals surface area contributed by atoms with Crippen LogP contribution < -0.4 is 10.6 Å². The average Bonchev–Trinajstić information content (AvgIpc) is 3.09. The van der Waals surface area contributed by atoms with E-state index >= 15 is 0 Å². The number of carbonyl (C=O) groups excluding carboxylic acids is 3. The van der Waals surface area contributed by atoms with E-state index in [1.165, 1.54) is 35.4 Å². The van der Waals surface area contributed by atoms with Gasteiger partial charge in [0.15, 0.2) is 0 Å². The Morgan fingerprint density at radius 3 is 2.88 bits per heavy atom. The largest absolute Gasteiger partial charge is 0.332 e. The van der Waals surface area contributed by atoms with E-state index in [0.717, 1.165) is 0 Å². The normalized spacial score (nSPS) is 13.0. The van der Waals surface area contributed by atoms with Crippen LogP contribution in [0.15, 0.2) is 29.6 Å². The van der Waals surface area contributed by atoms with Gasteiger partial charge in [-0.25, -0.2) is 4.39 Å². The van der Waals surface area contributed by atoms with Gasteiger partial charge in [-0.15, -0.1) is 11.3 Å². The van der Waals surface area contributed by atoms with Crippen LogP contribution in [0.3, 0.4) is 0 Å². The highest BCUT2D eigenvalue weighted by molar-refractivity contribution is 7.12. The van der Waals surface area contributed by atoms with E-state index < -0.39 is 11.7 Å². The summed E-state index contributed by atoms with van der Waals surface area (Å²) in [6.07, 6.45) is 0.776. The molecule has 0 saturated carbocycles. The number of hydrogen-bond donors (Lipinski definition) is 2. The molecule has 2 aromatic rings. The van der Waals surface area contributed by atoms with Gasteiger partial charge < -0.3 is 15.5 Å². The Bertz CT molecular complexity index is 836. The lowest BCUT2D eigenvalue weighted by molar-refractivity contribution is -0.117. The topological polar surface area (TPSA) is 78.5 Å². The van der Waals surface area contributed by atoms with Gasteiger partial charge in [-0.2, -0.15) is 0 Å². The molecule has 0 unspecified atom stereocenters. The van der Waals surface area contributed by atoms with Gasteiger partial charge >= 0.3 is 0 Å². The third-order valence-electron chi connectivity index (χ3n) is 3.82. The third-order valence-corrected chi connectivity index (χ3v) is 4.68. The zero-order valence-corrected chi connectivity index (χ0v) is 14.3. The number of benzene rings is 1. The van der Waals surface area contributed by atoms with Crippen molar-refractivity contribution < 1.29 is 18.8 Å². The summed E-state index contributed by atoms with van der Waals surface area (Å²) in [6.45, 7) is -0.209. The Balaban J connectivity index is 1.67. The number of nitrogens with zero attached hydrogens (tertiary/aromatic N) is 1. The Labute approximate surface area is 147 Å². The van der Waals surface area contributed by atoms with Crippen molar-refractivity contribution in [2.24, 2.45) is 0 Å². The van der Waals surface area contributed by atoms with Gasteiger partial charge in [0.1, 0.15) is 5.82 Å². The number of likely N-dealkylation sites (N-methyl/N-ethyl adjacent to an activating group) is 1. The van der Waals surface area contributed by atoms with Crippen LogP contribution in [0.1, 0.15) is 21.7 Å². The number of anilines is 2. The summed E-state index contributed by atoms with van der Waals surface area (Å²) in [7, 11) is 1.51. The highest BCUT2D eigenvalue weighted by atomic mass is 32.1. The molecule has 1 aromatic heterocycles. The van der Waals surface area contributed by atoms with Gasteiger partial charge in [-0.1, -0.05) is 6.07 Å². The van der Waals surface area contributed by atoms with E-state index in [2.05, 4.69) is 10.6 Å². The van der Waals surface area contributed by atoms with Gasteiger partial charge in [0.2, 0.25) is 11.8 Å². The maximum atomic E-state index is 14.1. The molecule has 0 fully saturated rings. The number of nitrogens with one attached hydrogen (secondary N) is 2. The summed E-state index contributed by atoms with van der Waals surface area (Å²) >= 11 is 1.29. The highest BCUT2D eigenvalue weighted by Crippen LogP contribution is 2.28. The van der Waals surface area contributed by atoms with E-state index in [4.69, 9.17) is 0 Å². The van der Waals surface area contributed by atoms with Crippen LogP contribution in [0.5, 0.6) is 0 Å². The molecule has 0 saturated heterocycles. The number of aryl methyl sites for hydroxylation is 1. The highest BCUT2D eigenvalue weighted by Gasteiger charge is 2.20. The molecule has 130 valence electrons. The first-order valence-electron chi connectivity index (χ1n) is 7.65. The molecule has 1 aliphatic rings. The molecule has 3 amide bonds. The lowest BCUT2D eigenvalue weighted by atomic mass is 10.0. The number of carbonyl (C=O) groups is 3. The first kappa shape index (κ1) is 17.1. The number of halogens is 1. The quantitative estimate of drug-likeness (QED) is 0.878. The second-order valence-corrected chi connectivity index (χ2v) is 6.67.